The number of pyridine rings is 1. The number of hydrogen-bond donors (Lipinski definition) is 0. The first-order valence-corrected chi connectivity index (χ1v) is 13.9. The van der Waals surface area contributed by atoms with Gasteiger partial charge in [-0.2, -0.15) is 8.78 Å². The topological polar surface area (TPSA) is 140 Å². The summed E-state index contributed by atoms with van der Waals surface area (Å²) in [6, 6.07) is 9.09. The van der Waals surface area contributed by atoms with Crippen molar-refractivity contribution in [1.82, 2.24) is 29.7 Å². The molecule has 0 aliphatic carbocycles. The van der Waals surface area contributed by atoms with Gasteiger partial charge in [0.15, 0.2) is 33.1 Å². The van der Waals surface area contributed by atoms with Crippen LogP contribution in [0.15, 0.2) is 48.8 Å². The Hall–Kier alpha value is -4.24. The van der Waals surface area contributed by atoms with Gasteiger partial charge in [-0.05, 0) is 37.6 Å². The number of sulfone groups is 1. The minimum Gasteiger partial charge on any atom is -0.494 e. The summed E-state index contributed by atoms with van der Waals surface area (Å²) < 4.78 is 76.6. The molecule has 0 saturated heterocycles. The van der Waals surface area contributed by atoms with E-state index in [1.807, 2.05) is 0 Å². The van der Waals surface area contributed by atoms with Crippen LogP contribution in [-0.4, -0.2) is 71.3 Å². The van der Waals surface area contributed by atoms with Gasteiger partial charge < -0.3 is 18.9 Å². The highest BCUT2D eigenvalue weighted by atomic mass is 32.2. The van der Waals surface area contributed by atoms with E-state index in [9.17, 15) is 17.2 Å². The molecule has 0 aliphatic heterocycles. The molecule has 0 fully saturated rings. The standard InChI is InChI=1S/C26H28F2N6O6S/c1-15-12-29-24(30-13-15)23(39-5)16(2)41(35,36)14-20-32-33-25(17-8-6-11-21(31-17)38-4)34(20)22-18(37-3)9-7-10-19(22)40-26(27)28/h6-13,16,23,26H,14H2,1-5H3/t16-,23-/m0/s1. The smallest absolute Gasteiger partial charge is 0.387 e. The fourth-order valence-electron chi connectivity index (χ4n) is 4.10. The molecule has 218 valence electrons. The molecule has 0 aliphatic rings. The summed E-state index contributed by atoms with van der Waals surface area (Å²) in [6.45, 7) is 0.0868. The third-order valence-corrected chi connectivity index (χ3v) is 8.19. The maximum absolute atomic E-state index is 13.8. The number of alkyl halides is 2. The molecular weight excluding hydrogens is 562 g/mol. The third-order valence-electron chi connectivity index (χ3n) is 6.15. The van der Waals surface area contributed by atoms with E-state index in [-0.39, 0.29) is 46.2 Å². The van der Waals surface area contributed by atoms with Crippen molar-refractivity contribution in [3.63, 3.8) is 0 Å². The van der Waals surface area contributed by atoms with Crippen molar-refractivity contribution in [3.05, 3.63) is 66.0 Å². The lowest BCUT2D eigenvalue weighted by molar-refractivity contribution is -0.0499. The maximum Gasteiger partial charge on any atom is 0.387 e. The fourth-order valence-corrected chi connectivity index (χ4v) is 5.52. The first-order chi connectivity index (χ1) is 19.6. The van der Waals surface area contributed by atoms with E-state index in [0.29, 0.717) is 0 Å². The summed E-state index contributed by atoms with van der Waals surface area (Å²) >= 11 is 0. The molecule has 12 nitrogen and oxygen atoms in total. The Morgan fingerprint density at radius 3 is 2.27 bits per heavy atom. The molecule has 3 aromatic heterocycles. The van der Waals surface area contributed by atoms with Crippen molar-refractivity contribution >= 4 is 9.84 Å². The number of hydrogen-bond acceptors (Lipinski definition) is 11. The van der Waals surface area contributed by atoms with Crippen LogP contribution in [0.5, 0.6) is 17.4 Å². The monoisotopic (exact) mass is 590 g/mol. The average Bonchev–Trinajstić information content (AvgIpc) is 3.36. The zero-order valence-corrected chi connectivity index (χ0v) is 23.7. The molecule has 0 radical (unpaired) electrons. The highest BCUT2D eigenvalue weighted by Crippen LogP contribution is 2.38. The lowest BCUT2D eigenvalue weighted by atomic mass is 10.2. The lowest BCUT2D eigenvalue weighted by Crippen LogP contribution is -2.30. The van der Waals surface area contributed by atoms with Gasteiger partial charge in [0.1, 0.15) is 29.0 Å². The second-order valence-electron chi connectivity index (χ2n) is 8.81. The number of benzene rings is 1. The molecule has 0 N–H and O–H groups in total. The summed E-state index contributed by atoms with van der Waals surface area (Å²) in [6.07, 6.45) is 2.12. The van der Waals surface area contributed by atoms with E-state index in [2.05, 4.69) is 25.1 Å². The fraction of sp³-hybridized carbons (Fsp3) is 0.346. The quantitative estimate of drug-likeness (QED) is 0.238. The minimum atomic E-state index is -4.05. The number of rotatable bonds is 12. The van der Waals surface area contributed by atoms with Crippen molar-refractivity contribution in [3.8, 4) is 34.6 Å². The lowest BCUT2D eigenvalue weighted by Gasteiger charge is -2.22. The molecule has 2 atom stereocenters. The molecule has 4 rings (SSSR count). The predicted octanol–water partition coefficient (Wildman–Crippen LogP) is 3.74. The first kappa shape index (κ1) is 29.7. The van der Waals surface area contributed by atoms with Crippen LogP contribution in [-0.2, 0) is 20.3 Å². The number of halogens is 2. The Labute approximate surface area is 235 Å². The average molecular weight is 591 g/mol. The molecule has 0 saturated carbocycles. The molecule has 0 bridgehead atoms. The third kappa shape index (κ3) is 6.41. The summed E-state index contributed by atoms with van der Waals surface area (Å²) in [5.41, 5.74) is 0.984. The number of methoxy groups -OCH3 is 3. The van der Waals surface area contributed by atoms with E-state index in [4.69, 9.17) is 18.9 Å². The van der Waals surface area contributed by atoms with Crippen molar-refractivity contribution in [2.45, 2.75) is 37.6 Å². The molecular formula is C26H28F2N6O6S. The normalized spacial score (nSPS) is 13.2. The number of nitrogens with zero attached hydrogens (tertiary/aromatic N) is 6. The second kappa shape index (κ2) is 12.5. The number of aryl methyl sites for hydroxylation is 1. The molecule has 0 unspecified atom stereocenters. The van der Waals surface area contributed by atoms with Crippen LogP contribution in [0.1, 0.15) is 30.2 Å². The number of ether oxygens (including phenoxy) is 4. The zero-order valence-electron chi connectivity index (χ0n) is 22.9. The molecule has 41 heavy (non-hydrogen) atoms. The van der Waals surface area contributed by atoms with Crippen molar-refractivity contribution < 1.29 is 36.1 Å². The molecule has 0 spiro atoms. The number of para-hydroxylation sites is 1. The minimum absolute atomic E-state index is 0.0375. The van der Waals surface area contributed by atoms with Crippen LogP contribution < -0.4 is 14.2 Å². The molecule has 1 aromatic carbocycles. The van der Waals surface area contributed by atoms with Crippen LogP contribution in [0, 0.1) is 6.92 Å². The summed E-state index contributed by atoms with van der Waals surface area (Å²) in [7, 11) is 0.0661. The maximum atomic E-state index is 13.8. The zero-order chi connectivity index (χ0) is 29.7. The first-order valence-electron chi connectivity index (χ1n) is 12.2. The van der Waals surface area contributed by atoms with Gasteiger partial charge in [-0.25, -0.2) is 23.4 Å². The molecule has 15 heteroatoms. The van der Waals surface area contributed by atoms with Crippen LogP contribution in [0.4, 0.5) is 8.78 Å². The van der Waals surface area contributed by atoms with Crippen molar-refractivity contribution in [2.24, 2.45) is 0 Å². The Bertz CT molecular complexity index is 1600. The van der Waals surface area contributed by atoms with Crippen LogP contribution >= 0.6 is 0 Å². The van der Waals surface area contributed by atoms with Crippen LogP contribution in [0.3, 0.4) is 0 Å². The van der Waals surface area contributed by atoms with E-state index < -0.39 is 33.6 Å². The van der Waals surface area contributed by atoms with Gasteiger partial charge in [-0.3, -0.25) is 4.57 Å². The Morgan fingerprint density at radius 1 is 0.951 bits per heavy atom. The van der Waals surface area contributed by atoms with Gasteiger partial charge in [0.05, 0.1) is 19.5 Å². The van der Waals surface area contributed by atoms with Gasteiger partial charge in [0, 0.05) is 25.6 Å². The summed E-state index contributed by atoms with van der Waals surface area (Å²) in [4.78, 5) is 12.8. The molecule has 4 aromatic rings. The van der Waals surface area contributed by atoms with Gasteiger partial charge in [0.25, 0.3) is 0 Å². The van der Waals surface area contributed by atoms with E-state index in [1.54, 1.807) is 37.5 Å². The largest absolute Gasteiger partial charge is 0.494 e. The highest BCUT2D eigenvalue weighted by molar-refractivity contribution is 7.91. The molecule has 3 heterocycles. The molecule has 0 amide bonds. The van der Waals surface area contributed by atoms with Crippen LogP contribution in [0.2, 0.25) is 0 Å². The Balaban J connectivity index is 1.87. The SMILES string of the molecule is COc1cccc(-c2nnc(CS(=O)(=O)[C@@H](C)[C@H](OC)c3ncc(C)cn3)n2-c2c(OC)cccc2OC(F)F)n1. The summed E-state index contributed by atoms with van der Waals surface area (Å²) in [5.74, 6) is -0.503. The van der Waals surface area contributed by atoms with Gasteiger partial charge >= 0.3 is 6.61 Å². The van der Waals surface area contributed by atoms with Gasteiger partial charge in [-0.15, -0.1) is 10.2 Å². The van der Waals surface area contributed by atoms with E-state index in [0.717, 1.165) is 5.56 Å². The number of aromatic nitrogens is 6. The Kier molecular flexibility index (Phi) is 9.08. The van der Waals surface area contributed by atoms with Gasteiger partial charge in [-0.1, -0.05) is 12.1 Å². The van der Waals surface area contributed by atoms with Crippen molar-refractivity contribution in [1.29, 1.82) is 0 Å². The Morgan fingerprint density at radius 2 is 1.63 bits per heavy atom. The summed E-state index contributed by atoms with van der Waals surface area (Å²) in [5, 5.41) is 7.19. The van der Waals surface area contributed by atoms with Gasteiger partial charge in [0.2, 0.25) is 5.88 Å². The highest BCUT2D eigenvalue weighted by Gasteiger charge is 2.35. The second-order valence-corrected chi connectivity index (χ2v) is 11.2. The van der Waals surface area contributed by atoms with E-state index in [1.165, 1.54) is 51.0 Å². The van der Waals surface area contributed by atoms with Crippen LogP contribution in [0.25, 0.3) is 17.2 Å². The predicted molar refractivity (Wildman–Crippen MR) is 143 cm³/mol. The van der Waals surface area contributed by atoms with Crippen molar-refractivity contribution in [2.75, 3.05) is 21.3 Å². The van der Waals surface area contributed by atoms with E-state index >= 15 is 0 Å².